The first-order chi connectivity index (χ1) is 25.2. The van der Waals surface area contributed by atoms with Gasteiger partial charge in [0.05, 0.1) is 23.1 Å². The molecule has 1 amide bonds. The summed E-state index contributed by atoms with van der Waals surface area (Å²) in [6.45, 7) is 8.55. The molecule has 0 aromatic heterocycles. The van der Waals surface area contributed by atoms with E-state index in [1.807, 2.05) is 38.1 Å². The number of esters is 2. The van der Waals surface area contributed by atoms with Crippen LogP contribution in [0.25, 0.3) is 0 Å². The minimum absolute atomic E-state index is 0.0411. The Morgan fingerprint density at radius 1 is 1.00 bits per heavy atom. The zero-order valence-electron chi connectivity index (χ0n) is 30.3. The SMILES string of the molecule is CC(=O)Oc1ccc2c3c1O[C@H]1[C@H](N(CC(C)C)C(=O)C#Cc4ccc(C(F)(F)F)cc4)CC[C@@]4(OC(C)=O)[C@@H](C2)N(CCc2ccccc2)CC[C@]314. The molecule has 3 aromatic rings. The average Bonchev–Trinajstić information content (AvgIpc) is 3.46. The maximum Gasteiger partial charge on any atom is 0.416 e. The summed E-state index contributed by atoms with van der Waals surface area (Å²) in [6.07, 6.45) is -2.28. The number of hydrogen-bond donors (Lipinski definition) is 0. The Morgan fingerprint density at radius 3 is 2.40 bits per heavy atom. The first-order valence-corrected chi connectivity index (χ1v) is 18.2. The van der Waals surface area contributed by atoms with Crippen LogP contribution in [0.3, 0.4) is 0 Å². The molecule has 3 aromatic carbocycles. The molecule has 278 valence electrons. The third-order valence-corrected chi connectivity index (χ3v) is 11.3. The Hall–Kier alpha value is -4.82. The van der Waals surface area contributed by atoms with E-state index >= 15 is 0 Å². The van der Waals surface area contributed by atoms with Crippen molar-refractivity contribution in [1.29, 1.82) is 0 Å². The summed E-state index contributed by atoms with van der Waals surface area (Å²) in [7, 11) is 0. The summed E-state index contributed by atoms with van der Waals surface area (Å²) in [5.41, 5.74) is 0.732. The van der Waals surface area contributed by atoms with Crippen molar-refractivity contribution >= 4 is 17.8 Å². The molecule has 1 saturated heterocycles. The van der Waals surface area contributed by atoms with E-state index in [0.29, 0.717) is 44.5 Å². The fourth-order valence-electron chi connectivity index (χ4n) is 9.47. The van der Waals surface area contributed by atoms with Crippen LogP contribution < -0.4 is 9.47 Å². The molecule has 11 heteroatoms. The molecule has 7 rings (SSSR count). The van der Waals surface area contributed by atoms with E-state index in [2.05, 4.69) is 28.9 Å². The van der Waals surface area contributed by atoms with E-state index < -0.39 is 52.7 Å². The molecule has 1 saturated carbocycles. The van der Waals surface area contributed by atoms with Gasteiger partial charge < -0.3 is 19.1 Å². The van der Waals surface area contributed by atoms with Crippen molar-refractivity contribution in [1.82, 2.24) is 9.80 Å². The molecule has 2 bridgehead atoms. The lowest BCUT2D eigenvalue weighted by Gasteiger charge is -2.65. The van der Waals surface area contributed by atoms with Crippen LogP contribution >= 0.6 is 0 Å². The van der Waals surface area contributed by atoms with Gasteiger partial charge in [-0.25, -0.2) is 0 Å². The maximum atomic E-state index is 14.2. The monoisotopic (exact) mass is 728 g/mol. The molecule has 0 radical (unpaired) electrons. The molecule has 2 heterocycles. The zero-order chi connectivity index (χ0) is 37.7. The van der Waals surface area contributed by atoms with Crippen molar-refractivity contribution in [2.75, 3.05) is 19.6 Å². The highest BCUT2D eigenvalue weighted by Gasteiger charge is 2.75. The van der Waals surface area contributed by atoms with Gasteiger partial charge in [-0.3, -0.25) is 19.3 Å². The van der Waals surface area contributed by atoms with Gasteiger partial charge in [-0.1, -0.05) is 56.2 Å². The number of carbonyl (C=O) groups excluding carboxylic acids is 3. The summed E-state index contributed by atoms with van der Waals surface area (Å²) in [5.74, 6) is 4.87. The molecule has 5 atom stereocenters. The highest BCUT2D eigenvalue weighted by Crippen LogP contribution is 2.67. The number of alkyl halides is 3. The van der Waals surface area contributed by atoms with E-state index in [9.17, 15) is 27.6 Å². The first kappa shape index (κ1) is 36.5. The lowest BCUT2D eigenvalue weighted by Crippen LogP contribution is -2.79. The lowest BCUT2D eigenvalue weighted by molar-refractivity contribution is -0.224. The van der Waals surface area contributed by atoms with E-state index in [-0.39, 0.29) is 23.3 Å². The number of likely N-dealkylation sites (tertiary alicyclic amines) is 1. The molecule has 2 fully saturated rings. The predicted molar refractivity (Wildman–Crippen MR) is 190 cm³/mol. The van der Waals surface area contributed by atoms with Gasteiger partial charge in [0, 0.05) is 44.0 Å². The number of benzene rings is 3. The van der Waals surface area contributed by atoms with E-state index in [0.717, 1.165) is 36.2 Å². The Labute approximate surface area is 307 Å². The molecule has 2 aliphatic heterocycles. The Morgan fingerprint density at radius 2 is 1.74 bits per heavy atom. The molecular formula is C42H43F3N2O6. The third kappa shape index (κ3) is 6.45. The quantitative estimate of drug-likeness (QED) is 0.149. The van der Waals surface area contributed by atoms with Gasteiger partial charge in [-0.15, -0.1) is 0 Å². The Bertz CT molecular complexity index is 1970. The number of rotatable bonds is 8. The second-order valence-corrected chi connectivity index (χ2v) is 15.0. The second-order valence-electron chi connectivity index (χ2n) is 15.0. The van der Waals surface area contributed by atoms with Crippen LogP contribution in [-0.4, -0.2) is 71.1 Å². The van der Waals surface area contributed by atoms with Gasteiger partial charge in [-0.2, -0.15) is 13.2 Å². The number of carbonyl (C=O) groups is 3. The minimum atomic E-state index is -4.48. The maximum absolute atomic E-state index is 14.2. The normalized spacial score (nSPS) is 25.4. The standard InChI is InChI=1S/C42H43F3N2O6/c1-26(2)25-47(36(50)17-12-30-10-14-32(15-11-30)42(43,44)45)33-18-20-41(53-28(4)49)35-24-31-13-16-34(51-27(3)48)38-37(31)40(41,39(33)52-38)21-23-46(35)22-19-29-8-6-5-7-9-29/h5-11,13-16,26,33,35,39H,18-25H2,1-4H3/t33-,35-,39+,40+,41-/m1/s1. The lowest BCUT2D eigenvalue weighted by atomic mass is 9.48. The molecule has 8 nitrogen and oxygen atoms in total. The van der Waals surface area contributed by atoms with Crippen molar-refractivity contribution in [3.63, 3.8) is 0 Å². The highest BCUT2D eigenvalue weighted by molar-refractivity contribution is 5.94. The third-order valence-electron chi connectivity index (χ3n) is 11.3. The molecular weight excluding hydrogens is 685 g/mol. The highest BCUT2D eigenvalue weighted by atomic mass is 19.4. The van der Waals surface area contributed by atoms with Gasteiger partial charge in [0.15, 0.2) is 11.5 Å². The number of nitrogens with zero attached hydrogens (tertiary/aromatic N) is 2. The summed E-state index contributed by atoms with van der Waals surface area (Å²) < 4.78 is 58.8. The smallest absolute Gasteiger partial charge is 0.416 e. The summed E-state index contributed by atoms with van der Waals surface area (Å²) in [6, 6.07) is 17.7. The number of ether oxygens (including phenoxy) is 3. The topological polar surface area (TPSA) is 85.4 Å². The summed E-state index contributed by atoms with van der Waals surface area (Å²) in [5, 5.41) is 0. The largest absolute Gasteiger partial charge is 0.483 e. The van der Waals surface area contributed by atoms with E-state index in [4.69, 9.17) is 14.2 Å². The van der Waals surface area contributed by atoms with Gasteiger partial charge in [0.1, 0.15) is 11.7 Å². The number of piperidine rings is 1. The van der Waals surface area contributed by atoms with Gasteiger partial charge >= 0.3 is 18.1 Å². The fourth-order valence-corrected chi connectivity index (χ4v) is 9.47. The van der Waals surface area contributed by atoms with Crippen LogP contribution in [0.2, 0.25) is 0 Å². The van der Waals surface area contributed by atoms with Crippen molar-refractivity contribution in [3.05, 3.63) is 94.5 Å². The van der Waals surface area contributed by atoms with E-state index in [1.165, 1.54) is 31.5 Å². The van der Waals surface area contributed by atoms with Crippen molar-refractivity contribution in [2.45, 2.75) is 95.2 Å². The molecule has 0 N–H and O–H groups in total. The average molecular weight is 729 g/mol. The second kappa shape index (κ2) is 13.9. The van der Waals surface area contributed by atoms with Crippen molar-refractivity contribution in [2.24, 2.45) is 5.92 Å². The molecule has 1 spiro atoms. The van der Waals surface area contributed by atoms with Crippen LogP contribution in [0.4, 0.5) is 13.2 Å². The van der Waals surface area contributed by atoms with Crippen LogP contribution in [0.1, 0.15) is 74.8 Å². The van der Waals surface area contributed by atoms with Gasteiger partial charge in [-0.05, 0) is 86.0 Å². The Balaban J connectivity index is 1.31. The van der Waals surface area contributed by atoms with Crippen LogP contribution in [0.15, 0.2) is 66.7 Å². The zero-order valence-corrected chi connectivity index (χ0v) is 30.3. The van der Waals surface area contributed by atoms with Crippen LogP contribution in [-0.2, 0) is 43.6 Å². The number of hydrogen-bond acceptors (Lipinski definition) is 7. The fraction of sp³-hybridized carbons (Fsp3) is 0.452. The molecule has 53 heavy (non-hydrogen) atoms. The predicted octanol–water partition coefficient (Wildman–Crippen LogP) is 6.50. The molecule has 4 aliphatic rings. The first-order valence-electron chi connectivity index (χ1n) is 18.2. The Kier molecular flexibility index (Phi) is 9.56. The van der Waals surface area contributed by atoms with Crippen LogP contribution in [0.5, 0.6) is 11.5 Å². The van der Waals surface area contributed by atoms with Crippen LogP contribution in [0, 0.1) is 17.8 Å². The summed E-state index contributed by atoms with van der Waals surface area (Å²) >= 11 is 0. The summed E-state index contributed by atoms with van der Waals surface area (Å²) in [4.78, 5) is 43.8. The van der Waals surface area contributed by atoms with Gasteiger partial charge in [0.2, 0.25) is 0 Å². The van der Waals surface area contributed by atoms with Gasteiger partial charge in [0.25, 0.3) is 5.91 Å². The minimum Gasteiger partial charge on any atom is -0.483 e. The number of amides is 1. The van der Waals surface area contributed by atoms with E-state index in [1.54, 1.807) is 11.0 Å². The van der Waals surface area contributed by atoms with Crippen molar-refractivity contribution < 1.29 is 41.8 Å². The molecule has 2 aliphatic carbocycles. The molecule has 0 unspecified atom stereocenters. The number of halogens is 3. The van der Waals surface area contributed by atoms with Crippen molar-refractivity contribution in [3.8, 4) is 23.3 Å².